The standard InChI is InChI=1S/C11H17BrN6O/c12-8-5-9(13)17-11(16-8)15-7-1-3-18(4-2-7)6-10(14)19/h5,7H,1-4,6H2,(H2,14,19)(H3,13,15,16,17). The van der Waals surface area contributed by atoms with Crippen molar-refractivity contribution in [2.45, 2.75) is 18.9 Å². The third-order valence-corrected chi connectivity index (χ3v) is 3.42. The summed E-state index contributed by atoms with van der Waals surface area (Å²) in [7, 11) is 0. The summed E-state index contributed by atoms with van der Waals surface area (Å²) in [6.07, 6.45) is 1.84. The minimum atomic E-state index is -0.283. The number of halogens is 1. The van der Waals surface area contributed by atoms with Crippen LogP contribution in [0.3, 0.4) is 0 Å². The SMILES string of the molecule is NC(=O)CN1CCC(Nc2nc(N)cc(Br)n2)CC1. The van der Waals surface area contributed by atoms with Crippen LogP contribution in [0.25, 0.3) is 0 Å². The molecule has 0 spiro atoms. The molecule has 2 heterocycles. The van der Waals surface area contributed by atoms with Gasteiger partial charge in [0, 0.05) is 25.2 Å². The number of rotatable bonds is 4. The molecule has 1 aromatic rings. The van der Waals surface area contributed by atoms with Gasteiger partial charge in [0.2, 0.25) is 11.9 Å². The minimum absolute atomic E-state index is 0.283. The van der Waals surface area contributed by atoms with Gasteiger partial charge in [-0.25, -0.2) is 4.98 Å². The molecule has 0 unspecified atom stereocenters. The molecule has 1 fully saturated rings. The molecule has 8 heteroatoms. The number of likely N-dealkylation sites (tertiary alicyclic amines) is 1. The number of carbonyl (C=O) groups is 1. The lowest BCUT2D eigenvalue weighted by Gasteiger charge is -2.31. The van der Waals surface area contributed by atoms with Crippen molar-refractivity contribution in [1.29, 1.82) is 0 Å². The number of nitrogens with one attached hydrogen (secondary N) is 1. The molecule has 0 radical (unpaired) electrons. The van der Waals surface area contributed by atoms with Gasteiger partial charge in [-0.3, -0.25) is 9.69 Å². The molecule has 1 aliphatic rings. The van der Waals surface area contributed by atoms with E-state index in [0.29, 0.717) is 22.9 Å². The topological polar surface area (TPSA) is 110 Å². The molecule has 2 rings (SSSR count). The normalized spacial score (nSPS) is 17.3. The van der Waals surface area contributed by atoms with E-state index in [4.69, 9.17) is 11.5 Å². The number of nitrogen functional groups attached to an aromatic ring is 1. The second kappa shape index (κ2) is 6.16. The second-order valence-corrected chi connectivity index (χ2v) is 5.41. The van der Waals surface area contributed by atoms with Crippen molar-refractivity contribution in [1.82, 2.24) is 14.9 Å². The Labute approximate surface area is 119 Å². The summed E-state index contributed by atoms with van der Waals surface area (Å²) in [5.41, 5.74) is 10.8. The maximum Gasteiger partial charge on any atom is 0.231 e. The molecule has 0 aliphatic carbocycles. The van der Waals surface area contributed by atoms with Crippen LogP contribution in [-0.4, -0.2) is 46.5 Å². The van der Waals surface area contributed by atoms with Crippen LogP contribution in [0.15, 0.2) is 10.7 Å². The van der Waals surface area contributed by atoms with E-state index >= 15 is 0 Å². The van der Waals surface area contributed by atoms with Crippen LogP contribution in [0.4, 0.5) is 11.8 Å². The van der Waals surface area contributed by atoms with Gasteiger partial charge in [-0.1, -0.05) is 0 Å². The van der Waals surface area contributed by atoms with Crippen molar-refractivity contribution in [3.8, 4) is 0 Å². The average molecular weight is 329 g/mol. The molecule has 0 saturated carbocycles. The number of amides is 1. The van der Waals surface area contributed by atoms with Crippen molar-refractivity contribution in [2.24, 2.45) is 5.73 Å². The average Bonchev–Trinajstić information content (AvgIpc) is 2.29. The minimum Gasteiger partial charge on any atom is -0.383 e. The first-order valence-electron chi connectivity index (χ1n) is 6.10. The van der Waals surface area contributed by atoms with Gasteiger partial charge >= 0.3 is 0 Å². The monoisotopic (exact) mass is 328 g/mol. The third-order valence-electron chi connectivity index (χ3n) is 3.01. The van der Waals surface area contributed by atoms with E-state index < -0.39 is 0 Å². The lowest BCUT2D eigenvalue weighted by molar-refractivity contribution is -0.119. The molecular formula is C11H17BrN6O. The van der Waals surface area contributed by atoms with Crippen LogP contribution in [0, 0.1) is 0 Å². The summed E-state index contributed by atoms with van der Waals surface area (Å²) >= 11 is 3.28. The Balaban J connectivity index is 1.86. The van der Waals surface area contributed by atoms with Gasteiger partial charge in [0.05, 0.1) is 6.54 Å². The lowest BCUT2D eigenvalue weighted by Crippen LogP contribution is -2.43. The lowest BCUT2D eigenvalue weighted by atomic mass is 10.1. The first-order chi connectivity index (χ1) is 9.02. The van der Waals surface area contributed by atoms with Crippen molar-refractivity contribution in [3.63, 3.8) is 0 Å². The maximum absolute atomic E-state index is 10.8. The fraction of sp³-hybridized carbons (Fsp3) is 0.545. The second-order valence-electron chi connectivity index (χ2n) is 4.60. The van der Waals surface area contributed by atoms with Crippen LogP contribution >= 0.6 is 15.9 Å². The highest BCUT2D eigenvalue weighted by Crippen LogP contribution is 2.17. The fourth-order valence-electron chi connectivity index (χ4n) is 2.14. The summed E-state index contributed by atoms with van der Waals surface area (Å²) in [4.78, 5) is 21.2. The number of primary amides is 1. The van der Waals surface area contributed by atoms with Crippen molar-refractivity contribution < 1.29 is 4.79 Å². The number of carbonyl (C=O) groups excluding carboxylic acids is 1. The zero-order valence-electron chi connectivity index (χ0n) is 10.5. The fourth-order valence-corrected chi connectivity index (χ4v) is 2.54. The molecule has 1 saturated heterocycles. The summed E-state index contributed by atoms with van der Waals surface area (Å²) in [5, 5.41) is 3.26. The van der Waals surface area contributed by atoms with E-state index in [1.807, 2.05) is 0 Å². The molecule has 1 amide bonds. The molecule has 7 nitrogen and oxygen atoms in total. The number of piperidine rings is 1. The smallest absolute Gasteiger partial charge is 0.231 e. The summed E-state index contributed by atoms with van der Waals surface area (Å²) in [6, 6.07) is 1.94. The van der Waals surface area contributed by atoms with Crippen LogP contribution in [-0.2, 0) is 4.79 Å². The number of hydrogen-bond acceptors (Lipinski definition) is 6. The number of aromatic nitrogens is 2. The third kappa shape index (κ3) is 4.32. The van der Waals surface area contributed by atoms with Gasteiger partial charge < -0.3 is 16.8 Å². The highest BCUT2D eigenvalue weighted by Gasteiger charge is 2.20. The Hall–Kier alpha value is -1.41. The number of nitrogens with zero attached hydrogens (tertiary/aromatic N) is 3. The number of hydrogen-bond donors (Lipinski definition) is 3. The first-order valence-corrected chi connectivity index (χ1v) is 6.89. The predicted octanol–water partition coefficient (Wildman–Crippen LogP) is 0.183. The Morgan fingerprint density at radius 3 is 2.74 bits per heavy atom. The van der Waals surface area contributed by atoms with Crippen molar-refractivity contribution in [2.75, 3.05) is 30.7 Å². The Morgan fingerprint density at radius 1 is 1.47 bits per heavy atom. The van der Waals surface area contributed by atoms with E-state index in [1.165, 1.54) is 0 Å². The van der Waals surface area contributed by atoms with Gasteiger partial charge in [-0.05, 0) is 28.8 Å². The van der Waals surface area contributed by atoms with Crippen molar-refractivity contribution >= 4 is 33.6 Å². The Bertz CT molecular complexity index is 440. The van der Waals surface area contributed by atoms with Gasteiger partial charge in [0.1, 0.15) is 10.4 Å². The van der Waals surface area contributed by atoms with Crippen LogP contribution in [0.1, 0.15) is 12.8 Å². The highest BCUT2D eigenvalue weighted by atomic mass is 79.9. The van der Waals surface area contributed by atoms with E-state index in [9.17, 15) is 4.79 Å². The highest BCUT2D eigenvalue weighted by molar-refractivity contribution is 9.10. The molecule has 1 aliphatic heterocycles. The Kier molecular flexibility index (Phi) is 4.54. The van der Waals surface area contributed by atoms with Crippen LogP contribution in [0.2, 0.25) is 0 Å². The molecule has 5 N–H and O–H groups in total. The van der Waals surface area contributed by atoms with E-state index in [0.717, 1.165) is 25.9 Å². The molecule has 1 aromatic heterocycles. The summed E-state index contributed by atoms with van der Waals surface area (Å²) < 4.78 is 0.661. The largest absolute Gasteiger partial charge is 0.383 e. The molecule has 0 aromatic carbocycles. The molecular weight excluding hydrogens is 312 g/mol. The summed E-state index contributed by atoms with van der Waals surface area (Å²) in [5.74, 6) is 0.672. The molecule has 104 valence electrons. The molecule has 19 heavy (non-hydrogen) atoms. The zero-order chi connectivity index (χ0) is 13.8. The van der Waals surface area contributed by atoms with E-state index in [1.54, 1.807) is 6.07 Å². The number of anilines is 2. The predicted molar refractivity (Wildman–Crippen MR) is 76.4 cm³/mol. The van der Waals surface area contributed by atoms with Gasteiger partial charge in [-0.15, -0.1) is 0 Å². The van der Waals surface area contributed by atoms with Crippen LogP contribution < -0.4 is 16.8 Å². The van der Waals surface area contributed by atoms with Crippen molar-refractivity contribution in [3.05, 3.63) is 10.7 Å². The zero-order valence-corrected chi connectivity index (χ0v) is 12.1. The van der Waals surface area contributed by atoms with E-state index in [2.05, 4.69) is 36.1 Å². The summed E-state index contributed by atoms with van der Waals surface area (Å²) in [6.45, 7) is 2.00. The van der Waals surface area contributed by atoms with Crippen LogP contribution in [0.5, 0.6) is 0 Å². The molecule has 0 bridgehead atoms. The Morgan fingerprint density at radius 2 is 2.16 bits per heavy atom. The number of nitrogens with two attached hydrogens (primary N) is 2. The van der Waals surface area contributed by atoms with E-state index in [-0.39, 0.29) is 11.9 Å². The molecule has 0 atom stereocenters. The van der Waals surface area contributed by atoms with Gasteiger partial charge in [0.15, 0.2) is 0 Å². The maximum atomic E-state index is 10.8. The van der Waals surface area contributed by atoms with Gasteiger partial charge in [-0.2, -0.15) is 4.98 Å². The first kappa shape index (κ1) is 14.0. The quantitative estimate of drug-likeness (QED) is 0.680. The van der Waals surface area contributed by atoms with Gasteiger partial charge in [0.25, 0.3) is 0 Å².